The number of anilines is 2. The Morgan fingerprint density at radius 3 is 2.50 bits per heavy atom. The van der Waals surface area contributed by atoms with Gasteiger partial charge in [0.1, 0.15) is 6.04 Å². The molecule has 7 heteroatoms. The lowest BCUT2D eigenvalue weighted by Crippen LogP contribution is -2.50. The van der Waals surface area contributed by atoms with Gasteiger partial charge in [-0.25, -0.2) is 0 Å². The van der Waals surface area contributed by atoms with E-state index >= 15 is 0 Å². The Morgan fingerprint density at radius 2 is 1.75 bits per heavy atom. The average Bonchev–Trinajstić information content (AvgIpc) is 3.44. The third kappa shape index (κ3) is 6.86. The third-order valence-electron chi connectivity index (χ3n) is 7.14. The first-order valence-corrected chi connectivity index (χ1v) is 13.3. The standard InChI is InChI=1S/C29H38N4O3/c1-2-10-26(29(36)30-24-14-8-15-25(20-24)32-16-6-7-17-32)31-28(35)23-13-9-18-33(21-23)27(34)19-22-11-4-3-5-12-22/h3-5,8,11-12,14-15,20,23,26H,2,6-7,9-10,13,16-19,21H2,1H3,(H,30,36)(H,31,35). The maximum atomic E-state index is 13.2. The molecule has 2 aromatic rings. The quantitative estimate of drug-likeness (QED) is 0.557. The summed E-state index contributed by atoms with van der Waals surface area (Å²) in [5, 5.41) is 6.00. The van der Waals surface area contributed by atoms with Crippen molar-refractivity contribution < 1.29 is 14.4 Å². The van der Waals surface area contributed by atoms with Gasteiger partial charge >= 0.3 is 0 Å². The smallest absolute Gasteiger partial charge is 0.246 e. The zero-order chi connectivity index (χ0) is 25.3. The van der Waals surface area contributed by atoms with Crippen LogP contribution >= 0.6 is 0 Å². The number of rotatable bonds is 9. The number of hydrogen-bond acceptors (Lipinski definition) is 4. The summed E-state index contributed by atoms with van der Waals surface area (Å²) >= 11 is 0. The van der Waals surface area contributed by atoms with Crippen molar-refractivity contribution in [3.05, 3.63) is 60.2 Å². The van der Waals surface area contributed by atoms with Crippen molar-refractivity contribution in [1.29, 1.82) is 0 Å². The zero-order valence-corrected chi connectivity index (χ0v) is 21.2. The summed E-state index contributed by atoms with van der Waals surface area (Å²) < 4.78 is 0. The SMILES string of the molecule is CCCC(NC(=O)C1CCCN(C(=O)Cc2ccccc2)C1)C(=O)Nc1cccc(N2CCCC2)c1. The summed E-state index contributed by atoms with van der Waals surface area (Å²) in [6.45, 7) is 5.15. The number of benzene rings is 2. The zero-order valence-electron chi connectivity index (χ0n) is 21.2. The van der Waals surface area contributed by atoms with E-state index < -0.39 is 6.04 Å². The van der Waals surface area contributed by atoms with Crippen LogP contribution in [0.3, 0.4) is 0 Å². The molecule has 2 aliphatic rings. The van der Waals surface area contributed by atoms with Crippen LogP contribution < -0.4 is 15.5 Å². The highest BCUT2D eigenvalue weighted by molar-refractivity contribution is 5.97. The number of piperidine rings is 1. The Bertz CT molecular complexity index is 1040. The summed E-state index contributed by atoms with van der Waals surface area (Å²) in [6.07, 6.45) is 5.57. The first kappa shape index (κ1) is 25.7. The summed E-state index contributed by atoms with van der Waals surface area (Å²) in [5.41, 5.74) is 2.83. The van der Waals surface area contributed by atoms with Crippen molar-refractivity contribution in [1.82, 2.24) is 10.2 Å². The third-order valence-corrected chi connectivity index (χ3v) is 7.14. The number of amides is 3. The van der Waals surface area contributed by atoms with Gasteiger partial charge in [-0.15, -0.1) is 0 Å². The highest BCUT2D eigenvalue weighted by Crippen LogP contribution is 2.24. The molecule has 0 aromatic heterocycles. The van der Waals surface area contributed by atoms with Crippen LogP contribution in [0, 0.1) is 5.92 Å². The van der Waals surface area contributed by atoms with Crippen molar-refractivity contribution in [2.24, 2.45) is 5.92 Å². The Morgan fingerprint density at radius 1 is 0.972 bits per heavy atom. The fourth-order valence-corrected chi connectivity index (χ4v) is 5.13. The second-order valence-corrected chi connectivity index (χ2v) is 9.92. The van der Waals surface area contributed by atoms with Gasteiger partial charge in [0.25, 0.3) is 0 Å². The van der Waals surface area contributed by atoms with Gasteiger partial charge in [-0.3, -0.25) is 14.4 Å². The summed E-state index contributed by atoms with van der Waals surface area (Å²) in [6, 6.07) is 17.0. The second-order valence-electron chi connectivity index (χ2n) is 9.92. The van der Waals surface area contributed by atoms with Crippen molar-refractivity contribution in [2.45, 2.75) is 57.9 Å². The first-order valence-electron chi connectivity index (χ1n) is 13.3. The van der Waals surface area contributed by atoms with Gasteiger partial charge in [0.15, 0.2) is 0 Å². The molecule has 2 fully saturated rings. The Hall–Kier alpha value is -3.35. The molecular weight excluding hydrogens is 452 g/mol. The number of nitrogens with zero attached hydrogens (tertiary/aromatic N) is 2. The maximum absolute atomic E-state index is 13.2. The molecule has 7 nitrogen and oxygen atoms in total. The predicted octanol–water partition coefficient (Wildman–Crippen LogP) is 3.99. The molecule has 36 heavy (non-hydrogen) atoms. The molecule has 0 saturated carbocycles. The molecule has 2 N–H and O–H groups in total. The van der Waals surface area contributed by atoms with Gasteiger partial charge in [-0.1, -0.05) is 49.7 Å². The van der Waals surface area contributed by atoms with Crippen LogP contribution in [-0.4, -0.2) is 54.8 Å². The molecule has 2 aliphatic heterocycles. The number of nitrogens with one attached hydrogen (secondary N) is 2. The molecular formula is C29H38N4O3. The minimum Gasteiger partial charge on any atom is -0.371 e. The molecule has 2 atom stereocenters. The van der Waals surface area contributed by atoms with Gasteiger partial charge in [0, 0.05) is 37.6 Å². The van der Waals surface area contributed by atoms with Gasteiger partial charge in [-0.2, -0.15) is 0 Å². The molecule has 0 bridgehead atoms. The van der Waals surface area contributed by atoms with E-state index in [1.807, 2.05) is 55.5 Å². The van der Waals surface area contributed by atoms with Gasteiger partial charge in [-0.05, 0) is 55.9 Å². The van der Waals surface area contributed by atoms with Crippen molar-refractivity contribution >= 4 is 29.1 Å². The van der Waals surface area contributed by atoms with Crippen LogP contribution in [0.2, 0.25) is 0 Å². The second kappa shape index (κ2) is 12.6. The summed E-state index contributed by atoms with van der Waals surface area (Å²) in [5.74, 6) is -0.605. The van der Waals surface area contributed by atoms with E-state index in [0.717, 1.165) is 49.3 Å². The molecule has 3 amide bonds. The Balaban J connectivity index is 1.33. The van der Waals surface area contributed by atoms with E-state index in [1.165, 1.54) is 12.8 Å². The van der Waals surface area contributed by atoms with Crippen molar-refractivity contribution in [2.75, 3.05) is 36.4 Å². The molecule has 0 spiro atoms. The van der Waals surface area contributed by atoms with Crippen LogP contribution in [0.4, 0.5) is 11.4 Å². The van der Waals surface area contributed by atoms with E-state index in [2.05, 4.69) is 21.6 Å². The molecule has 0 radical (unpaired) electrons. The first-order chi connectivity index (χ1) is 17.5. The number of likely N-dealkylation sites (tertiary alicyclic amines) is 1. The van der Waals surface area contributed by atoms with Crippen molar-refractivity contribution in [3.63, 3.8) is 0 Å². The van der Waals surface area contributed by atoms with Gasteiger partial charge in [0.05, 0.1) is 12.3 Å². The fraction of sp³-hybridized carbons (Fsp3) is 0.483. The fourth-order valence-electron chi connectivity index (χ4n) is 5.13. The minimum atomic E-state index is -0.603. The lowest BCUT2D eigenvalue weighted by molar-refractivity contribution is -0.136. The highest BCUT2D eigenvalue weighted by atomic mass is 16.2. The van der Waals surface area contributed by atoms with Crippen molar-refractivity contribution in [3.8, 4) is 0 Å². The number of hydrogen-bond donors (Lipinski definition) is 2. The monoisotopic (exact) mass is 490 g/mol. The molecule has 2 heterocycles. The molecule has 0 aliphatic carbocycles. The molecule has 4 rings (SSSR count). The highest BCUT2D eigenvalue weighted by Gasteiger charge is 2.31. The molecule has 2 aromatic carbocycles. The van der Waals surface area contributed by atoms with E-state index in [9.17, 15) is 14.4 Å². The number of carbonyl (C=O) groups excluding carboxylic acids is 3. The normalized spacial score (nSPS) is 18.5. The minimum absolute atomic E-state index is 0.0411. The largest absolute Gasteiger partial charge is 0.371 e. The molecule has 192 valence electrons. The van der Waals surface area contributed by atoms with Crippen LogP contribution in [0.1, 0.15) is 51.0 Å². The average molecular weight is 491 g/mol. The lowest BCUT2D eigenvalue weighted by atomic mass is 9.95. The lowest BCUT2D eigenvalue weighted by Gasteiger charge is -2.33. The van der Waals surface area contributed by atoms with E-state index in [-0.39, 0.29) is 23.6 Å². The number of carbonyl (C=O) groups is 3. The van der Waals surface area contributed by atoms with E-state index in [4.69, 9.17) is 0 Å². The van der Waals surface area contributed by atoms with Crippen LogP contribution in [0.5, 0.6) is 0 Å². The van der Waals surface area contributed by atoms with Crippen LogP contribution in [0.25, 0.3) is 0 Å². The molecule has 2 saturated heterocycles. The van der Waals surface area contributed by atoms with E-state index in [1.54, 1.807) is 4.90 Å². The van der Waals surface area contributed by atoms with Crippen LogP contribution in [-0.2, 0) is 20.8 Å². The molecule has 2 unspecified atom stereocenters. The Labute approximate surface area is 214 Å². The van der Waals surface area contributed by atoms with Gasteiger partial charge in [0.2, 0.25) is 17.7 Å². The predicted molar refractivity (Wildman–Crippen MR) is 143 cm³/mol. The topological polar surface area (TPSA) is 81.8 Å². The van der Waals surface area contributed by atoms with Crippen LogP contribution in [0.15, 0.2) is 54.6 Å². The summed E-state index contributed by atoms with van der Waals surface area (Å²) in [4.78, 5) is 43.2. The van der Waals surface area contributed by atoms with Gasteiger partial charge < -0.3 is 20.4 Å². The summed E-state index contributed by atoms with van der Waals surface area (Å²) in [7, 11) is 0. The Kier molecular flexibility index (Phi) is 8.98. The maximum Gasteiger partial charge on any atom is 0.246 e. The van der Waals surface area contributed by atoms with E-state index in [0.29, 0.717) is 25.9 Å².